The molecule has 1 aromatic rings. The molecule has 0 aliphatic rings. The van der Waals surface area contributed by atoms with Crippen LogP contribution in [0.4, 0.5) is 13.2 Å². The van der Waals surface area contributed by atoms with Gasteiger partial charge in [0.05, 0.1) is 0 Å². The minimum atomic E-state index is -4.45. The molecule has 0 fully saturated rings. The van der Waals surface area contributed by atoms with Gasteiger partial charge in [-0.05, 0) is 12.0 Å². The molecule has 0 aliphatic carbocycles. The Hall–Kier alpha value is -1.13. The van der Waals surface area contributed by atoms with Gasteiger partial charge in [0.2, 0.25) is 5.82 Å². The van der Waals surface area contributed by atoms with E-state index >= 15 is 0 Å². The van der Waals surface area contributed by atoms with Crippen LogP contribution in [0.2, 0.25) is 0 Å². The minimum absolute atomic E-state index is 0.572. The molecule has 0 N–H and O–H groups in total. The Kier molecular flexibility index (Phi) is 2.30. The summed E-state index contributed by atoms with van der Waals surface area (Å²) in [7, 11) is 0. The molecular formula is C7H6F3N2. The van der Waals surface area contributed by atoms with Gasteiger partial charge in [0.25, 0.3) is 0 Å². The molecule has 1 heterocycles. The van der Waals surface area contributed by atoms with Crippen LogP contribution in [-0.4, -0.2) is 9.97 Å². The van der Waals surface area contributed by atoms with E-state index in [1.165, 1.54) is 0 Å². The van der Waals surface area contributed by atoms with Crippen LogP contribution in [0.15, 0.2) is 12.4 Å². The quantitative estimate of drug-likeness (QED) is 0.652. The van der Waals surface area contributed by atoms with Crippen molar-refractivity contribution in [1.29, 1.82) is 0 Å². The van der Waals surface area contributed by atoms with Crippen LogP contribution >= 0.6 is 0 Å². The molecule has 0 aliphatic heterocycles. The lowest BCUT2D eigenvalue weighted by atomic mass is 10.3. The average molecular weight is 175 g/mol. The van der Waals surface area contributed by atoms with Crippen LogP contribution in [0.1, 0.15) is 18.3 Å². The number of hydrogen-bond donors (Lipinski definition) is 0. The molecule has 0 bridgehead atoms. The van der Waals surface area contributed by atoms with Gasteiger partial charge in [-0.25, -0.2) is 9.97 Å². The third-order valence-electron chi connectivity index (χ3n) is 1.26. The molecule has 12 heavy (non-hydrogen) atoms. The Bertz CT molecular complexity index is 252. The summed E-state index contributed by atoms with van der Waals surface area (Å²) in [5, 5.41) is 0. The Morgan fingerprint density at radius 3 is 2.08 bits per heavy atom. The number of alkyl halides is 3. The van der Waals surface area contributed by atoms with Crippen molar-refractivity contribution < 1.29 is 13.2 Å². The zero-order valence-electron chi connectivity index (χ0n) is 6.26. The molecule has 5 heteroatoms. The first-order valence-corrected chi connectivity index (χ1v) is 3.22. The minimum Gasteiger partial charge on any atom is -0.233 e. The molecule has 1 aromatic heterocycles. The van der Waals surface area contributed by atoms with Crippen molar-refractivity contribution in [3.63, 3.8) is 0 Å². The molecule has 1 radical (unpaired) electrons. The molecule has 0 saturated carbocycles. The summed E-state index contributed by atoms with van der Waals surface area (Å²) in [6.45, 7) is 1.70. The van der Waals surface area contributed by atoms with E-state index in [9.17, 15) is 13.2 Å². The van der Waals surface area contributed by atoms with E-state index in [4.69, 9.17) is 0 Å². The first-order chi connectivity index (χ1) is 5.54. The summed E-state index contributed by atoms with van der Waals surface area (Å²) >= 11 is 0. The maximum atomic E-state index is 11.9. The van der Waals surface area contributed by atoms with Crippen molar-refractivity contribution in [2.75, 3.05) is 0 Å². The lowest BCUT2D eigenvalue weighted by molar-refractivity contribution is -0.145. The fraction of sp³-hybridized carbons (Fsp3) is 0.286. The third-order valence-corrected chi connectivity index (χ3v) is 1.26. The molecule has 0 unspecified atom stereocenters. The highest BCUT2D eigenvalue weighted by Crippen LogP contribution is 2.25. The SMILES string of the molecule is C[CH]c1cnc(C(F)(F)F)nc1. The van der Waals surface area contributed by atoms with Gasteiger partial charge >= 0.3 is 6.18 Å². The maximum Gasteiger partial charge on any atom is 0.451 e. The number of halogens is 3. The van der Waals surface area contributed by atoms with Crippen molar-refractivity contribution in [3.05, 3.63) is 30.2 Å². The molecule has 0 atom stereocenters. The van der Waals surface area contributed by atoms with Crippen molar-refractivity contribution in [1.82, 2.24) is 9.97 Å². The first-order valence-electron chi connectivity index (χ1n) is 3.22. The molecule has 65 valence electrons. The van der Waals surface area contributed by atoms with Gasteiger partial charge in [-0.2, -0.15) is 13.2 Å². The average Bonchev–Trinajstić information content (AvgIpc) is 2.03. The molecule has 1 rings (SSSR count). The monoisotopic (exact) mass is 175 g/mol. The lowest BCUT2D eigenvalue weighted by Crippen LogP contribution is -2.10. The van der Waals surface area contributed by atoms with Crippen molar-refractivity contribution in [2.24, 2.45) is 0 Å². The van der Waals surface area contributed by atoms with Gasteiger partial charge < -0.3 is 0 Å². The normalized spacial score (nSPS) is 11.7. The van der Waals surface area contributed by atoms with E-state index in [-0.39, 0.29) is 0 Å². The summed E-state index contributed by atoms with van der Waals surface area (Å²) in [5.74, 6) is -1.10. The molecule has 2 nitrogen and oxygen atoms in total. The van der Waals surface area contributed by atoms with E-state index in [2.05, 4.69) is 9.97 Å². The van der Waals surface area contributed by atoms with Crippen LogP contribution in [0.25, 0.3) is 0 Å². The first kappa shape index (κ1) is 8.96. The number of hydrogen-bond acceptors (Lipinski definition) is 2. The Balaban J connectivity index is 2.93. The highest BCUT2D eigenvalue weighted by atomic mass is 19.4. The molecule has 0 spiro atoms. The van der Waals surface area contributed by atoms with Crippen molar-refractivity contribution in [3.8, 4) is 0 Å². The Morgan fingerprint density at radius 2 is 1.75 bits per heavy atom. The maximum absolute atomic E-state index is 11.9. The number of rotatable bonds is 1. The lowest BCUT2D eigenvalue weighted by Gasteiger charge is -2.03. The molecular weight excluding hydrogens is 169 g/mol. The van der Waals surface area contributed by atoms with E-state index in [0.717, 1.165) is 12.4 Å². The van der Waals surface area contributed by atoms with E-state index in [0.29, 0.717) is 5.56 Å². The fourth-order valence-electron chi connectivity index (χ4n) is 0.633. The number of nitrogens with zero attached hydrogens (tertiary/aromatic N) is 2. The molecule has 0 saturated heterocycles. The summed E-state index contributed by atoms with van der Waals surface area (Å²) in [4.78, 5) is 6.31. The van der Waals surface area contributed by atoms with E-state index in [1.54, 1.807) is 13.3 Å². The second kappa shape index (κ2) is 3.08. The predicted molar refractivity (Wildman–Crippen MR) is 36.1 cm³/mol. The van der Waals surface area contributed by atoms with Crippen LogP contribution in [0.3, 0.4) is 0 Å². The standard InChI is InChI=1S/C7H6F3N2/c1-2-5-3-11-6(12-4-5)7(8,9)10/h2-4H,1H3. The van der Waals surface area contributed by atoms with Gasteiger partial charge in [-0.15, -0.1) is 0 Å². The van der Waals surface area contributed by atoms with Crippen molar-refractivity contribution in [2.45, 2.75) is 13.1 Å². The second-order valence-corrected chi connectivity index (χ2v) is 2.13. The second-order valence-electron chi connectivity index (χ2n) is 2.13. The van der Waals surface area contributed by atoms with E-state index < -0.39 is 12.0 Å². The summed E-state index contributed by atoms with van der Waals surface area (Å²) in [5.41, 5.74) is 0.572. The molecule has 0 aromatic carbocycles. The van der Waals surface area contributed by atoms with Gasteiger partial charge in [0, 0.05) is 12.4 Å². The Morgan fingerprint density at radius 1 is 1.25 bits per heavy atom. The summed E-state index contributed by atoms with van der Waals surface area (Å²) in [6.07, 6.45) is -0.557. The largest absolute Gasteiger partial charge is 0.451 e. The summed E-state index contributed by atoms with van der Waals surface area (Å²) < 4.78 is 35.7. The van der Waals surface area contributed by atoms with Crippen molar-refractivity contribution >= 4 is 0 Å². The van der Waals surface area contributed by atoms with Crippen LogP contribution in [-0.2, 0) is 6.18 Å². The zero-order chi connectivity index (χ0) is 9.19. The van der Waals surface area contributed by atoms with Gasteiger partial charge in [-0.3, -0.25) is 0 Å². The van der Waals surface area contributed by atoms with Gasteiger partial charge in [0.1, 0.15) is 0 Å². The third kappa shape index (κ3) is 1.93. The topological polar surface area (TPSA) is 25.8 Å². The highest BCUT2D eigenvalue weighted by Gasteiger charge is 2.34. The zero-order valence-corrected chi connectivity index (χ0v) is 6.26. The van der Waals surface area contributed by atoms with Crippen LogP contribution in [0.5, 0.6) is 0 Å². The predicted octanol–water partition coefficient (Wildman–Crippen LogP) is 2.07. The number of aromatic nitrogens is 2. The fourth-order valence-corrected chi connectivity index (χ4v) is 0.633. The van der Waals surface area contributed by atoms with E-state index in [1.807, 2.05) is 0 Å². The molecule has 0 amide bonds. The summed E-state index contributed by atoms with van der Waals surface area (Å²) in [6, 6.07) is 0. The smallest absolute Gasteiger partial charge is 0.233 e. The van der Waals surface area contributed by atoms with Crippen LogP contribution < -0.4 is 0 Å². The van der Waals surface area contributed by atoms with Gasteiger partial charge in [0.15, 0.2) is 0 Å². The highest BCUT2D eigenvalue weighted by molar-refractivity contribution is 5.14. The Labute approximate surface area is 67.5 Å². The van der Waals surface area contributed by atoms with Crippen LogP contribution in [0, 0.1) is 6.42 Å². The van der Waals surface area contributed by atoms with Gasteiger partial charge in [-0.1, -0.05) is 6.92 Å².